The van der Waals surface area contributed by atoms with Gasteiger partial charge in [0.2, 0.25) is 0 Å². The molecule has 88 valence electrons. The van der Waals surface area contributed by atoms with Gasteiger partial charge in [0, 0.05) is 25.5 Å². The number of pyridine rings is 1. The lowest BCUT2D eigenvalue weighted by Gasteiger charge is -2.05. The summed E-state index contributed by atoms with van der Waals surface area (Å²) >= 11 is 0. The van der Waals surface area contributed by atoms with Gasteiger partial charge in [0.05, 0.1) is 7.11 Å². The van der Waals surface area contributed by atoms with Gasteiger partial charge in [0.1, 0.15) is 0 Å². The molecule has 1 rings (SSSR count). The third kappa shape index (κ3) is 5.31. The maximum atomic E-state index is 10.7. The number of hydrogen-bond donors (Lipinski definition) is 2. The minimum atomic E-state index is -0.382. The van der Waals surface area contributed by atoms with Crippen LogP contribution in [0.3, 0.4) is 0 Å². The summed E-state index contributed by atoms with van der Waals surface area (Å²) in [6.45, 7) is 2.26. The van der Waals surface area contributed by atoms with Gasteiger partial charge in [-0.05, 0) is 24.6 Å². The molecule has 0 aliphatic rings. The molecule has 0 fully saturated rings. The molecule has 0 aliphatic carbocycles. The van der Waals surface area contributed by atoms with Crippen LogP contribution in [0.5, 0.6) is 0 Å². The standard InChI is InChI=1S/C11H17N3O2/c1-16-11(15)14-7-3-6-13-9-10-4-2-5-12-8-10/h2,4-5,8,13H,3,6-7,9H2,1H3,(H,14,15). The Hall–Kier alpha value is -1.62. The second-order valence-electron chi connectivity index (χ2n) is 3.31. The number of carbonyl (C=O) groups is 1. The van der Waals surface area contributed by atoms with E-state index in [1.165, 1.54) is 7.11 Å². The molecular formula is C11H17N3O2. The molecule has 0 aliphatic heterocycles. The Morgan fingerprint density at radius 2 is 2.38 bits per heavy atom. The molecule has 2 N–H and O–H groups in total. The number of alkyl carbamates (subject to hydrolysis) is 1. The fraction of sp³-hybridized carbons (Fsp3) is 0.455. The first-order chi connectivity index (χ1) is 7.83. The molecule has 1 aromatic rings. The maximum Gasteiger partial charge on any atom is 0.406 e. The van der Waals surface area contributed by atoms with Crippen molar-refractivity contribution in [3.8, 4) is 0 Å². The number of amides is 1. The van der Waals surface area contributed by atoms with Gasteiger partial charge < -0.3 is 15.4 Å². The van der Waals surface area contributed by atoms with Gasteiger partial charge in [-0.2, -0.15) is 0 Å². The van der Waals surface area contributed by atoms with Crippen LogP contribution in [0.4, 0.5) is 4.79 Å². The summed E-state index contributed by atoms with van der Waals surface area (Å²) in [6, 6.07) is 3.93. The van der Waals surface area contributed by atoms with E-state index >= 15 is 0 Å². The van der Waals surface area contributed by atoms with Crippen molar-refractivity contribution in [2.45, 2.75) is 13.0 Å². The molecule has 5 nitrogen and oxygen atoms in total. The van der Waals surface area contributed by atoms with Gasteiger partial charge in [-0.15, -0.1) is 0 Å². The molecule has 0 saturated heterocycles. The predicted molar refractivity (Wildman–Crippen MR) is 61.0 cm³/mol. The molecule has 16 heavy (non-hydrogen) atoms. The maximum absolute atomic E-state index is 10.7. The number of methoxy groups -OCH3 is 1. The summed E-state index contributed by atoms with van der Waals surface area (Å²) in [5, 5.41) is 5.88. The van der Waals surface area contributed by atoms with E-state index in [-0.39, 0.29) is 6.09 Å². The van der Waals surface area contributed by atoms with Crippen molar-refractivity contribution in [1.29, 1.82) is 0 Å². The first-order valence-corrected chi connectivity index (χ1v) is 5.24. The van der Waals surface area contributed by atoms with Gasteiger partial charge in [-0.25, -0.2) is 4.79 Å². The Kier molecular flexibility index (Phi) is 5.95. The quantitative estimate of drug-likeness (QED) is 0.704. The molecule has 0 saturated carbocycles. The Balaban J connectivity index is 1.98. The van der Waals surface area contributed by atoms with Gasteiger partial charge in [-0.1, -0.05) is 6.07 Å². The molecule has 5 heteroatoms. The summed E-state index contributed by atoms with van der Waals surface area (Å²) < 4.78 is 4.45. The Bertz CT molecular complexity index is 303. The van der Waals surface area contributed by atoms with Crippen molar-refractivity contribution >= 4 is 6.09 Å². The first kappa shape index (κ1) is 12.4. The third-order valence-electron chi connectivity index (χ3n) is 2.04. The highest BCUT2D eigenvalue weighted by Gasteiger charge is 1.96. The van der Waals surface area contributed by atoms with Crippen LogP contribution in [0, 0.1) is 0 Å². The number of hydrogen-bond acceptors (Lipinski definition) is 4. The van der Waals surface area contributed by atoms with E-state index in [1.54, 1.807) is 6.20 Å². The normalized spacial score (nSPS) is 9.81. The average Bonchev–Trinajstić information content (AvgIpc) is 2.34. The highest BCUT2D eigenvalue weighted by atomic mass is 16.5. The fourth-order valence-corrected chi connectivity index (χ4v) is 1.21. The molecule has 1 aromatic heterocycles. The number of nitrogens with zero attached hydrogens (tertiary/aromatic N) is 1. The lowest BCUT2D eigenvalue weighted by atomic mass is 10.3. The van der Waals surface area contributed by atoms with Crippen LogP contribution in [-0.4, -0.2) is 31.3 Å². The molecule has 0 aromatic carbocycles. The number of rotatable bonds is 6. The van der Waals surface area contributed by atoms with E-state index in [1.807, 2.05) is 18.3 Å². The van der Waals surface area contributed by atoms with Gasteiger partial charge in [-0.3, -0.25) is 4.98 Å². The molecular weight excluding hydrogens is 206 g/mol. The van der Waals surface area contributed by atoms with Crippen LogP contribution in [-0.2, 0) is 11.3 Å². The average molecular weight is 223 g/mol. The monoisotopic (exact) mass is 223 g/mol. The number of nitrogens with one attached hydrogen (secondary N) is 2. The number of aromatic nitrogens is 1. The van der Waals surface area contributed by atoms with Crippen LogP contribution in [0.15, 0.2) is 24.5 Å². The van der Waals surface area contributed by atoms with E-state index in [9.17, 15) is 4.79 Å². The molecule has 0 radical (unpaired) electrons. The molecule has 1 amide bonds. The minimum Gasteiger partial charge on any atom is -0.453 e. The van der Waals surface area contributed by atoms with Gasteiger partial charge in [0.15, 0.2) is 0 Å². The van der Waals surface area contributed by atoms with Crippen LogP contribution in [0.2, 0.25) is 0 Å². The van der Waals surface area contributed by atoms with Crippen LogP contribution >= 0.6 is 0 Å². The van der Waals surface area contributed by atoms with Crippen LogP contribution in [0.1, 0.15) is 12.0 Å². The van der Waals surface area contributed by atoms with E-state index in [0.29, 0.717) is 6.54 Å². The highest BCUT2D eigenvalue weighted by molar-refractivity contribution is 5.66. The summed E-state index contributed by atoms with van der Waals surface area (Å²) in [6.07, 6.45) is 4.08. The summed E-state index contributed by atoms with van der Waals surface area (Å²) in [5.41, 5.74) is 1.16. The lowest BCUT2D eigenvalue weighted by molar-refractivity contribution is 0.171. The zero-order chi connectivity index (χ0) is 11.6. The Morgan fingerprint density at radius 1 is 1.50 bits per heavy atom. The molecule has 0 spiro atoms. The largest absolute Gasteiger partial charge is 0.453 e. The van der Waals surface area contributed by atoms with Crippen LogP contribution in [0.25, 0.3) is 0 Å². The predicted octanol–water partition coefficient (Wildman–Crippen LogP) is 0.917. The van der Waals surface area contributed by atoms with Crippen LogP contribution < -0.4 is 10.6 Å². The van der Waals surface area contributed by atoms with Crippen molar-refractivity contribution in [2.75, 3.05) is 20.2 Å². The zero-order valence-electron chi connectivity index (χ0n) is 9.40. The lowest BCUT2D eigenvalue weighted by Crippen LogP contribution is -2.26. The van der Waals surface area contributed by atoms with E-state index in [0.717, 1.165) is 25.1 Å². The highest BCUT2D eigenvalue weighted by Crippen LogP contribution is 1.93. The SMILES string of the molecule is COC(=O)NCCCNCc1cccnc1. The summed E-state index contributed by atoms with van der Waals surface area (Å²) in [4.78, 5) is 14.7. The fourth-order valence-electron chi connectivity index (χ4n) is 1.21. The van der Waals surface area contributed by atoms with E-state index in [2.05, 4.69) is 20.4 Å². The molecule has 0 atom stereocenters. The Morgan fingerprint density at radius 3 is 3.06 bits per heavy atom. The summed E-state index contributed by atoms with van der Waals surface area (Å²) in [7, 11) is 1.36. The van der Waals surface area contributed by atoms with E-state index in [4.69, 9.17) is 0 Å². The van der Waals surface area contributed by atoms with E-state index < -0.39 is 0 Å². The molecule has 1 heterocycles. The number of ether oxygens (including phenoxy) is 1. The minimum absolute atomic E-state index is 0.382. The second kappa shape index (κ2) is 7.64. The summed E-state index contributed by atoms with van der Waals surface area (Å²) in [5.74, 6) is 0. The van der Waals surface area contributed by atoms with Crippen molar-refractivity contribution in [3.63, 3.8) is 0 Å². The van der Waals surface area contributed by atoms with Crippen molar-refractivity contribution in [3.05, 3.63) is 30.1 Å². The topological polar surface area (TPSA) is 63.2 Å². The van der Waals surface area contributed by atoms with Crippen molar-refractivity contribution < 1.29 is 9.53 Å². The van der Waals surface area contributed by atoms with Gasteiger partial charge >= 0.3 is 6.09 Å². The first-order valence-electron chi connectivity index (χ1n) is 5.24. The molecule has 0 bridgehead atoms. The second-order valence-corrected chi connectivity index (χ2v) is 3.31. The number of carbonyl (C=O) groups excluding carboxylic acids is 1. The smallest absolute Gasteiger partial charge is 0.406 e. The van der Waals surface area contributed by atoms with Gasteiger partial charge in [0.25, 0.3) is 0 Å². The Labute approximate surface area is 95.2 Å². The molecule has 0 unspecified atom stereocenters. The van der Waals surface area contributed by atoms with Crippen molar-refractivity contribution in [2.24, 2.45) is 0 Å². The van der Waals surface area contributed by atoms with Crippen molar-refractivity contribution in [1.82, 2.24) is 15.6 Å². The third-order valence-corrected chi connectivity index (χ3v) is 2.04. The zero-order valence-corrected chi connectivity index (χ0v) is 9.40.